The Morgan fingerprint density at radius 1 is 1.04 bits per heavy atom. The Labute approximate surface area is 139 Å². The topological polar surface area (TPSA) is 74.9 Å². The minimum absolute atomic E-state index is 0.0854. The summed E-state index contributed by atoms with van der Waals surface area (Å²) in [5.74, 6) is -0.382. The van der Waals surface area contributed by atoms with Gasteiger partial charge in [-0.3, -0.25) is 14.2 Å². The van der Waals surface area contributed by atoms with E-state index in [1.54, 1.807) is 35.0 Å². The van der Waals surface area contributed by atoms with E-state index < -0.39 is 0 Å². The fourth-order valence-electron chi connectivity index (χ4n) is 2.53. The van der Waals surface area contributed by atoms with Crippen LogP contribution in [-0.4, -0.2) is 16.4 Å². The molecule has 0 saturated heterocycles. The summed E-state index contributed by atoms with van der Waals surface area (Å²) in [5, 5.41) is 12.5. The molecule has 118 valence electrons. The highest BCUT2D eigenvalue weighted by molar-refractivity contribution is 5.96. The molecule has 1 amide bonds. The number of hydrogen-bond donors (Lipinski definition) is 1. The minimum atomic E-state index is -0.255. The van der Waals surface area contributed by atoms with Crippen molar-refractivity contribution in [3.63, 3.8) is 0 Å². The number of aromatic nitrogens is 1. The van der Waals surface area contributed by atoms with E-state index in [2.05, 4.69) is 5.32 Å². The normalized spacial score (nSPS) is 10.3. The number of anilines is 1. The van der Waals surface area contributed by atoms with E-state index in [0.717, 1.165) is 10.9 Å². The lowest BCUT2D eigenvalue weighted by molar-refractivity contribution is -0.116. The number of carbonyl (C=O) groups excluding carboxylic acids is 2. The highest BCUT2D eigenvalue weighted by Crippen LogP contribution is 2.16. The standard InChI is InChI=1S/C19H15N3O2/c20-13-14-4-3-6-16(12-14)21-18(23)8-9-19(24)22-11-10-15-5-1-2-7-17(15)22/h1-7,10-12H,8-9H2,(H,21,23). The molecule has 0 spiro atoms. The van der Waals surface area contributed by atoms with Crippen molar-refractivity contribution < 1.29 is 9.59 Å². The molecule has 1 heterocycles. The van der Waals surface area contributed by atoms with Crippen LogP contribution in [0.25, 0.3) is 10.9 Å². The first kappa shape index (κ1) is 15.5. The van der Waals surface area contributed by atoms with Gasteiger partial charge in [0.25, 0.3) is 0 Å². The summed E-state index contributed by atoms with van der Waals surface area (Å²) in [6, 6.07) is 18.2. The van der Waals surface area contributed by atoms with Crippen LogP contribution in [0.4, 0.5) is 5.69 Å². The number of nitrogens with one attached hydrogen (secondary N) is 1. The van der Waals surface area contributed by atoms with E-state index in [4.69, 9.17) is 5.26 Å². The molecular formula is C19H15N3O2. The van der Waals surface area contributed by atoms with Gasteiger partial charge in [-0.2, -0.15) is 5.26 Å². The average Bonchev–Trinajstić information content (AvgIpc) is 3.04. The van der Waals surface area contributed by atoms with Crippen LogP contribution in [0.5, 0.6) is 0 Å². The average molecular weight is 317 g/mol. The van der Waals surface area contributed by atoms with Crippen molar-refractivity contribution in [3.05, 3.63) is 66.4 Å². The van der Waals surface area contributed by atoms with E-state index in [0.29, 0.717) is 11.3 Å². The van der Waals surface area contributed by atoms with Gasteiger partial charge in [0.15, 0.2) is 0 Å². The van der Waals surface area contributed by atoms with Crippen LogP contribution in [0, 0.1) is 11.3 Å². The molecule has 3 aromatic rings. The Bertz CT molecular complexity index is 950. The summed E-state index contributed by atoms with van der Waals surface area (Å²) in [6.45, 7) is 0. The zero-order valence-electron chi connectivity index (χ0n) is 12.9. The summed E-state index contributed by atoms with van der Waals surface area (Å²) in [6.07, 6.45) is 1.92. The lowest BCUT2D eigenvalue weighted by atomic mass is 10.2. The maximum absolute atomic E-state index is 12.3. The molecule has 1 aromatic heterocycles. The Morgan fingerprint density at radius 3 is 2.71 bits per heavy atom. The van der Waals surface area contributed by atoms with Crippen molar-refractivity contribution >= 4 is 28.4 Å². The molecule has 1 N–H and O–H groups in total. The van der Waals surface area contributed by atoms with Gasteiger partial charge in [0.2, 0.25) is 11.8 Å². The molecule has 0 aliphatic rings. The van der Waals surface area contributed by atoms with Crippen molar-refractivity contribution in [3.8, 4) is 6.07 Å². The van der Waals surface area contributed by atoms with Gasteiger partial charge in [-0.1, -0.05) is 24.3 Å². The number of para-hydroxylation sites is 1. The molecule has 0 atom stereocenters. The van der Waals surface area contributed by atoms with Crippen molar-refractivity contribution in [2.45, 2.75) is 12.8 Å². The highest BCUT2D eigenvalue weighted by atomic mass is 16.2. The van der Waals surface area contributed by atoms with Gasteiger partial charge in [0.1, 0.15) is 0 Å². The molecule has 0 aliphatic carbocycles. The second kappa shape index (κ2) is 6.80. The third-order valence-electron chi connectivity index (χ3n) is 3.71. The number of nitrogens with zero attached hydrogens (tertiary/aromatic N) is 2. The third kappa shape index (κ3) is 3.33. The number of rotatable bonds is 4. The first-order valence-corrected chi connectivity index (χ1v) is 7.57. The first-order valence-electron chi connectivity index (χ1n) is 7.57. The maximum atomic E-state index is 12.3. The quantitative estimate of drug-likeness (QED) is 0.799. The second-order valence-electron chi connectivity index (χ2n) is 5.38. The predicted molar refractivity (Wildman–Crippen MR) is 91.6 cm³/mol. The monoisotopic (exact) mass is 317 g/mol. The predicted octanol–water partition coefficient (Wildman–Crippen LogP) is 3.57. The highest BCUT2D eigenvalue weighted by Gasteiger charge is 2.11. The van der Waals surface area contributed by atoms with Crippen molar-refractivity contribution in [2.75, 3.05) is 5.32 Å². The van der Waals surface area contributed by atoms with Gasteiger partial charge >= 0.3 is 0 Å². The van der Waals surface area contributed by atoms with E-state index in [1.165, 1.54) is 0 Å². The minimum Gasteiger partial charge on any atom is -0.326 e. The molecule has 0 aliphatic heterocycles. The summed E-state index contributed by atoms with van der Waals surface area (Å²) < 4.78 is 1.57. The van der Waals surface area contributed by atoms with Crippen LogP contribution in [0.3, 0.4) is 0 Å². The lowest BCUT2D eigenvalue weighted by Gasteiger charge is -2.06. The Kier molecular flexibility index (Phi) is 4.39. The smallest absolute Gasteiger partial charge is 0.231 e. The zero-order valence-corrected chi connectivity index (χ0v) is 12.9. The molecule has 5 heteroatoms. The molecule has 24 heavy (non-hydrogen) atoms. The first-order chi connectivity index (χ1) is 11.7. The van der Waals surface area contributed by atoms with Crippen molar-refractivity contribution in [1.82, 2.24) is 4.57 Å². The van der Waals surface area contributed by atoms with E-state index in [9.17, 15) is 9.59 Å². The molecule has 0 radical (unpaired) electrons. The number of fused-ring (bicyclic) bond motifs is 1. The molecule has 3 rings (SSSR count). The Balaban J connectivity index is 1.61. The molecule has 2 aromatic carbocycles. The van der Waals surface area contributed by atoms with Gasteiger partial charge in [0, 0.05) is 30.1 Å². The number of amides is 1. The van der Waals surface area contributed by atoms with Crippen LogP contribution >= 0.6 is 0 Å². The van der Waals surface area contributed by atoms with E-state index >= 15 is 0 Å². The maximum Gasteiger partial charge on any atom is 0.231 e. The number of nitriles is 1. The molecule has 0 unspecified atom stereocenters. The van der Waals surface area contributed by atoms with Gasteiger partial charge in [-0.05, 0) is 30.3 Å². The van der Waals surface area contributed by atoms with Crippen LogP contribution < -0.4 is 5.32 Å². The number of benzene rings is 2. The van der Waals surface area contributed by atoms with Gasteiger partial charge in [-0.15, -0.1) is 0 Å². The lowest BCUT2D eigenvalue weighted by Crippen LogP contribution is -2.16. The fraction of sp³-hybridized carbons (Fsp3) is 0.105. The van der Waals surface area contributed by atoms with E-state index in [1.807, 2.05) is 36.4 Å². The Morgan fingerprint density at radius 2 is 1.88 bits per heavy atom. The third-order valence-corrected chi connectivity index (χ3v) is 3.71. The van der Waals surface area contributed by atoms with Crippen LogP contribution in [0.2, 0.25) is 0 Å². The Hall–Kier alpha value is -3.39. The van der Waals surface area contributed by atoms with Gasteiger partial charge < -0.3 is 5.32 Å². The molecule has 0 fully saturated rings. The number of carbonyl (C=O) groups is 2. The number of hydrogen-bond acceptors (Lipinski definition) is 3. The molecule has 5 nitrogen and oxygen atoms in total. The fourth-order valence-corrected chi connectivity index (χ4v) is 2.53. The van der Waals surface area contributed by atoms with Crippen LogP contribution in [0.1, 0.15) is 23.2 Å². The summed E-state index contributed by atoms with van der Waals surface area (Å²) in [4.78, 5) is 24.3. The SMILES string of the molecule is N#Cc1cccc(NC(=O)CCC(=O)n2ccc3ccccc32)c1. The summed E-state index contributed by atoms with van der Waals surface area (Å²) in [7, 11) is 0. The zero-order chi connectivity index (χ0) is 16.9. The van der Waals surface area contributed by atoms with Crippen LogP contribution in [0.15, 0.2) is 60.8 Å². The van der Waals surface area contributed by atoms with Crippen LogP contribution in [-0.2, 0) is 4.79 Å². The van der Waals surface area contributed by atoms with Crippen molar-refractivity contribution in [1.29, 1.82) is 5.26 Å². The molecule has 0 bridgehead atoms. The van der Waals surface area contributed by atoms with Gasteiger partial charge in [-0.25, -0.2) is 0 Å². The van der Waals surface area contributed by atoms with Crippen molar-refractivity contribution in [2.24, 2.45) is 0 Å². The van der Waals surface area contributed by atoms with E-state index in [-0.39, 0.29) is 24.7 Å². The summed E-state index contributed by atoms with van der Waals surface area (Å²) >= 11 is 0. The molecular weight excluding hydrogens is 302 g/mol. The second-order valence-corrected chi connectivity index (χ2v) is 5.38. The van der Waals surface area contributed by atoms with Gasteiger partial charge in [0.05, 0.1) is 17.1 Å². The summed E-state index contributed by atoms with van der Waals surface area (Å²) in [5.41, 5.74) is 1.87. The molecule has 0 saturated carbocycles. The largest absolute Gasteiger partial charge is 0.326 e.